The maximum absolute atomic E-state index is 12.2. The average molecular weight is 266 g/mol. The Morgan fingerprint density at radius 1 is 1.58 bits per heavy atom. The summed E-state index contributed by atoms with van der Waals surface area (Å²) in [4.78, 5) is 14.1. The van der Waals surface area contributed by atoms with E-state index < -0.39 is 0 Å². The van der Waals surface area contributed by atoms with Gasteiger partial charge in [-0.1, -0.05) is 0 Å². The Morgan fingerprint density at radius 2 is 2.42 bits per heavy atom. The third kappa shape index (κ3) is 3.54. The van der Waals surface area contributed by atoms with Crippen LogP contribution in [0.4, 0.5) is 0 Å². The second kappa shape index (κ2) is 6.68. The van der Waals surface area contributed by atoms with Crippen molar-refractivity contribution in [1.82, 2.24) is 14.7 Å². The number of ether oxygens (including phenoxy) is 1. The van der Waals surface area contributed by atoms with Gasteiger partial charge in [0.05, 0.1) is 6.10 Å². The zero-order valence-corrected chi connectivity index (χ0v) is 11.4. The second-order valence-corrected chi connectivity index (χ2v) is 4.88. The van der Waals surface area contributed by atoms with Crippen LogP contribution in [0, 0.1) is 0 Å². The lowest BCUT2D eigenvalue weighted by Crippen LogP contribution is -2.51. The van der Waals surface area contributed by atoms with Crippen molar-refractivity contribution in [2.24, 2.45) is 5.73 Å². The van der Waals surface area contributed by atoms with E-state index in [1.807, 2.05) is 17.2 Å². The average Bonchev–Trinajstić information content (AvgIpc) is 2.97. The smallest absolute Gasteiger partial charge is 0.224 e. The normalized spacial score (nSPS) is 23.6. The van der Waals surface area contributed by atoms with Crippen LogP contribution < -0.4 is 5.73 Å². The van der Waals surface area contributed by atoms with Gasteiger partial charge >= 0.3 is 0 Å². The summed E-state index contributed by atoms with van der Waals surface area (Å²) in [5.74, 6) is 0.153. The standard InChI is InChI=1S/C13H22N4O2/c1-19-12-3-8-17(11(9-12)10-14)13(18)4-7-16-6-2-5-15-16/h2,5-6,11-12H,3-4,7-10,14H2,1H3. The molecule has 6 heteroatoms. The van der Waals surface area contributed by atoms with E-state index in [0.29, 0.717) is 19.5 Å². The molecule has 1 aromatic heterocycles. The van der Waals surface area contributed by atoms with Gasteiger partial charge in [0.1, 0.15) is 0 Å². The molecule has 1 amide bonds. The number of rotatable bonds is 5. The lowest BCUT2D eigenvalue weighted by Gasteiger charge is -2.38. The van der Waals surface area contributed by atoms with Gasteiger partial charge in [-0.3, -0.25) is 9.48 Å². The third-order valence-corrected chi connectivity index (χ3v) is 3.71. The molecule has 2 unspecified atom stereocenters. The maximum Gasteiger partial charge on any atom is 0.224 e. The van der Waals surface area contributed by atoms with Crippen LogP contribution in [-0.4, -0.2) is 52.9 Å². The van der Waals surface area contributed by atoms with Crippen LogP contribution in [-0.2, 0) is 16.1 Å². The van der Waals surface area contributed by atoms with Gasteiger partial charge in [0, 0.05) is 51.6 Å². The molecule has 2 rings (SSSR count). The molecule has 2 N–H and O–H groups in total. The number of carbonyl (C=O) groups is 1. The number of nitrogens with zero attached hydrogens (tertiary/aromatic N) is 3. The molecule has 0 radical (unpaired) electrons. The lowest BCUT2D eigenvalue weighted by molar-refractivity contribution is -0.137. The predicted octanol–water partition coefficient (Wildman–Crippen LogP) is 0.238. The molecule has 1 fully saturated rings. The van der Waals surface area contributed by atoms with E-state index in [2.05, 4.69) is 5.10 Å². The van der Waals surface area contributed by atoms with Crippen LogP contribution in [0.25, 0.3) is 0 Å². The number of hydrogen-bond acceptors (Lipinski definition) is 4. The van der Waals surface area contributed by atoms with Crippen LogP contribution in [0.3, 0.4) is 0 Å². The van der Waals surface area contributed by atoms with Crippen molar-refractivity contribution in [3.8, 4) is 0 Å². The highest BCUT2D eigenvalue weighted by atomic mass is 16.5. The molecule has 2 heterocycles. The SMILES string of the molecule is COC1CCN(C(=O)CCn2cccn2)C(CN)C1. The Labute approximate surface area is 113 Å². The van der Waals surface area contributed by atoms with Gasteiger partial charge in [0.15, 0.2) is 0 Å². The molecule has 0 saturated carbocycles. The molecule has 1 aliphatic rings. The number of likely N-dealkylation sites (tertiary alicyclic amines) is 1. The minimum Gasteiger partial charge on any atom is -0.381 e. The summed E-state index contributed by atoms with van der Waals surface area (Å²) in [6, 6.07) is 1.96. The highest BCUT2D eigenvalue weighted by molar-refractivity contribution is 5.76. The molecular weight excluding hydrogens is 244 g/mol. The Kier molecular flexibility index (Phi) is 4.93. The number of aryl methyl sites for hydroxylation is 1. The van der Waals surface area contributed by atoms with Gasteiger partial charge in [-0.25, -0.2) is 0 Å². The molecule has 0 aliphatic carbocycles. The van der Waals surface area contributed by atoms with Crippen molar-refractivity contribution in [3.63, 3.8) is 0 Å². The number of nitrogens with two attached hydrogens (primary N) is 1. The zero-order valence-electron chi connectivity index (χ0n) is 11.4. The van der Waals surface area contributed by atoms with E-state index in [0.717, 1.165) is 19.4 Å². The molecule has 0 spiro atoms. The Morgan fingerprint density at radius 3 is 3.05 bits per heavy atom. The summed E-state index contributed by atoms with van der Waals surface area (Å²) in [5, 5.41) is 4.10. The zero-order chi connectivity index (χ0) is 13.7. The van der Waals surface area contributed by atoms with Crippen LogP contribution in [0.15, 0.2) is 18.5 Å². The Bertz CT molecular complexity index is 393. The first-order chi connectivity index (χ1) is 9.24. The number of methoxy groups -OCH3 is 1. The number of aromatic nitrogens is 2. The topological polar surface area (TPSA) is 73.4 Å². The fraction of sp³-hybridized carbons (Fsp3) is 0.692. The fourth-order valence-electron chi connectivity index (χ4n) is 2.57. The first-order valence-electron chi connectivity index (χ1n) is 6.74. The summed E-state index contributed by atoms with van der Waals surface area (Å²) in [7, 11) is 1.72. The van der Waals surface area contributed by atoms with Crippen LogP contribution in [0.1, 0.15) is 19.3 Å². The monoisotopic (exact) mass is 266 g/mol. The summed E-state index contributed by atoms with van der Waals surface area (Å²) < 4.78 is 7.14. The predicted molar refractivity (Wildman–Crippen MR) is 71.4 cm³/mol. The van der Waals surface area contributed by atoms with E-state index in [9.17, 15) is 4.79 Å². The maximum atomic E-state index is 12.2. The molecule has 0 aromatic carbocycles. The minimum atomic E-state index is 0.101. The molecule has 106 valence electrons. The number of piperidine rings is 1. The van der Waals surface area contributed by atoms with E-state index >= 15 is 0 Å². The van der Waals surface area contributed by atoms with E-state index in [-0.39, 0.29) is 18.1 Å². The molecule has 2 atom stereocenters. The highest BCUT2D eigenvalue weighted by Crippen LogP contribution is 2.20. The molecule has 0 bridgehead atoms. The van der Waals surface area contributed by atoms with Crippen LogP contribution >= 0.6 is 0 Å². The molecule has 1 saturated heterocycles. The minimum absolute atomic E-state index is 0.101. The van der Waals surface area contributed by atoms with Gasteiger partial charge in [-0.15, -0.1) is 0 Å². The van der Waals surface area contributed by atoms with Gasteiger partial charge in [-0.05, 0) is 18.9 Å². The third-order valence-electron chi connectivity index (χ3n) is 3.71. The lowest BCUT2D eigenvalue weighted by atomic mass is 9.99. The molecular formula is C13H22N4O2. The number of hydrogen-bond donors (Lipinski definition) is 1. The summed E-state index contributed by atoms with van der Waals surface area (Å²) in [6.07, 6.45) is 6.00. The van der Waals surface area contributed by atoms with Crippen molar-refractivity contribution in [2.75, 3.05) is 20.2 Å². The summed E-state index contributed by atoms with van der Waals surface area (Å²) in [5.41, 5.74) is 5.77. The quantitative estimate of drug-likeness (QED) is 0.828. The van der Waals surface area contributed by atoms with E-state index in [1.165, 1.54) is 0 Å². The number of carbonyl (C=O) groups excluding carboxylic acids is 1. The molecule has 1 aliphatic heterocycles. The summed E-state index contributed by atoms with van der Waals surface area (Å²) >= 11 is 0. The van der Waals surface area contributed by atoms with Crippen LogP contribution in [0.5, 0.6) is 0 Å². The van der Waals surface area contributed by atoms with Gasteiger partial charge in [0.2, 0.25) is 5.91 Å². The Balaban J connectivity index is 1.87. The molecule has 1 aromatic rings. The molecule has 19 heavy (non-hydrogen) atoms. The largest absolute Gasteiger partial charge is 0.381 e. The van der Waals surface area contributed by atoms with Crippen molar-refractivity contribution in [3.05, 3.63) is 18.5 Å². The van der Waals surface area contributed by atoms with Crippen molar-refractivity contribution >= 4 is 5.91 Å². The van der Waals surface area contributed by atoms with Crippen molar-refractivity contribution in [1.29, 1.82) is 0 Å². The first-order valence-corrected chi connectivity index (χ1v) is 6.74. The van der Waals surface area contributed by atoms with Crippen molar-refractivity contribution < 1.29 is 9.53 Å². The van der Waals surface area contributed by atoms with Gasteiger partial charge in [-0.2, -0.15) is 5.10 Å². The van der Waals surface area contributed by atoms with E-state index in [4.69, 9.17) is 10.5 Å². The van der Waals surface area contributed by atoms with Crippen molar-refractivity contribution in [2.45, 2.75) is 38.0 Å². The van der Waals surface area contributed by atoms with Crippen LogP contribution in [0.2, 0.25) is 0 Å². The second-order valence-electron chi connectivity index (χ2n) is 4.88. The summed E-state index contributed by atoms with van der Waals surface area (Å²) in [6.45, 7) is 1.85. The fourth-order valence-corrected chi connectivity index (χ4v) is 2.57. The first kappa shape index (κ1) is 14.0. The highest BCUT2D eigenvalue weighted by Gasteiger charge is 2.30. The molecule has 6 nitrogen and oxygen atoms in total. The van der Waals surface area contributed by atoms with Gasteiger partial charge in [0.25, 0.3) is 0 Å². The van der Waals surface area contributed by atoms with Gasteiger partial charge < -0.3 is 15.4 Å². The number of amides is 1. The van der Waals surface area contributed by atoms with E-state index in [1.54, 1.807) is 18.0 Å². The Hall–Kier alpha value is -1.40.